The first-order valence-corrected chi connectivity index (χ1v) is 15.7. The van der Waals surface area contributed by atoms with Crippen LogP contribution in [0.25, 0.3) is 12.2 Å². The molecule has 18 heteroatoms. The normalized spacial score (nSPS) is 39.4. The van der Waals surface area contributed by atoms with Crippen molar-refractivity contribution in [2.45, 2.75) is 92.1 Å². The van der Waals surface area contributed by atoms with Crippen molar-refractivity contribution in [2.24, 2.45) is 0 Å². The van der Waals surface area contributed by atoms with Crippen LogP contribution in [0.1, 0.15) is 11.1 Å². The van der Waals surface area contributed by atoms with Crippen LogP contribution in [-0.2, 0) is 18.9 Å². The van der Waals surface area contributed by atoms with Crippen LogP contribution in [0.5, 0.6) is 17.2 Å². The number of hydrogen-bond donors (Lipinski definition) is 12. The lowest BCUT2D eigenvalue weighted by atomic mass is 9.97. The number of hydrogen-bond acceptors (Lipinski definition) is 18. The molecule has 3 fully saturated rings. The van der Waals surface area contributed by atoms with Gasteiger partial charge in [-0.1, -0.05) is 24.3 Å². The van der Waals surface area contributed by atoms with E-state index in [1.165, 1.54) is 30.3 Å². The van der Waals surface area contributed by atoms with Gasteiger partial charge in [-0.2, -0.15) is 0 Å². The van der Waals surface area contributed by atoms with Gasteiger partial charge < -0.3 is 89.7 Å². The highest BCUT2D eigenvalue weighted by Crippen LogP contribution is 2.31. The Balaban J connectivity index is 1.20. The van der Waals surface area contributed by atoms with Gasteiger partial charge in [-0.15, -0.1) is 0 Å². The van der Waals surface area contributed by atoms with E-state index in [4.69, 9.17) is 28.4 Å². The van der Waals surface area contributed by atoms with E-state index >= 15 is 0 Å². The predicted molar refractivity (Wildman–Crippen MR) is 165 cm³/mol. The third-order valence-corrected chi connectivity index (χ3v) is 8.58. The van der Waals surface area contributed by atoms with Crippen LogP contribution in [0.4, 0.5) is 0 Å². The predicted octanol–water partition coefficient (Wildman–Crippen LogP) is -4.26. The van der Waals surface area contributed by atoms with Crippen molar-refractivity contribution >= 4 is 12.2 Å². The minimum absolute atomic E-state index is 0.0629. The van der Waals surface area contributed by atoms with Gasteiger partial charge in [0.15, 0.2) is 6.29 Å². The average Bonchev–Trinajstić information content (AvgIpc) is 3.11. The summed E-state index contributed by atoms with van der Waals surface area (Å²) in [5.74, 6) is 0.0784. The van der Waals surface area contributed by atoms with Gasteiger partial charge in [0.05, 0.1) is 19.8 Å². The van der Waals surface area contributed by atoms with Gasteiger partial charge >= 0.3 is 0 Å². The molecule has 50 heavy (non-hydrogen) atoms. The Bertz CT molecular complexity index is 1400. The molecule has 0 aromatic heterocycles. The monoisotopic (exact) mass is 714 g/mol. The molecule has 12 N–H and O–H groups in total. The summed E-state index contributed by atoms with van der Waals surface area (Å²) in [7, 11) is 0. The summed E-state index contributed by atoms with van der Waals surface area (Å²) in [5, 5.41) is 121. The molecule has 0 spiro atoms. The molecule has 3 saturated heterocycles. The third kappa shape index (κ3) is 8.37. The Morgan fingerprint density at radius 1 is 0.500 bits per heavy atom. The molecule has 0 radical (unpaired) electrons. The summed E-state index contributed by atoms with van der Waals surface area (Å²) >= 11 is 0. The summed E-state index contributed by atoms with van der Waals surface area (Å²) in [6.07, 6.45) is -20.0. The molecule has 0 saturated carbocycles. The summed E-state index contributed by atoms with van der Waals surface area (Å²) in [4.78, 5) is 0. The molecule has 0 amide bonds. The molecular formula is C32H42O18. The molecule has 3 heterocycles. The van der Waals surface area contributed by atoms with Gasteiger partial charge in [0.2, 0.25) is 12.6 Å². The highest BCUT2D eigenvalue weighted by atomic mass is 16.7. The number of phenols is 1. The Morgan fingerprint density at radius 2 is 0.980 bits per heavy atom. The highest BCUT2D eigenvalue weighted by Gasteiger charge is 2.51. The maximum Gasteiger partial charge on any atom is 0.229 e. The molecule has 5 rings (SSSR count). The van der Waals surface area contributed by atoms with Crippen LogP contribution < -0.4 is 9.47 Å². The fraction of sp³-hybridized carbons (Fsp3) is 0.562. The van der Waals surface area contributed by atoms with E-state index in [9.17, 15) is 61.3 Å². The maximum atomic E-state index is 10.8. The average molecular weight is 715 g/mol. The number of benzene rings is 2. The lowest BCUT2D eigenvalue weighted by Crippen LogP contribution is -2.65. The minimum Gasteiger partial charge on any atom is -0.508 e. The maximum absolute atomic E-state index is 10.8. The van der Waals surface area contributed by atoms with Crippen LogP contribution in [0.15, 0.2) is 42.5 Å². The fourth-order valence-corrected chi connectivity index (χ4v) is 5.71. The molecule has 2 aromatic rings. The van der Waals surface area contributed by atoms with Crippen LogP contribution in [0, 0.1) is 0 Å². The second kappa shape index (κ2) is 16.5. The summed E-state index contributed by atoms with van der Waals surface area (Å²) in [5.41, 5.74) is 1.12. The minimum atomic E-state index is -1.79. The summed E-state index contributed by atoms with van der Waals surface area (Å²) in [6, 6.07) is 10.5. The van der Waals surface area contributed by atoms with Gasteiger partial charge in [0.25, 0.3) is 0 Å². The number of aliphatic hydroxyl groups excluding tert-OH is 11. The first kappa shape index (κ1) is 38.2. The van der Waals surface area contributed by atoms with Crippen molar-refractivity contribution < 1.29 is 89.7 Å². The molecular weight excluding hydrogens is 672 g/mol. The van der Waals surface area contributed by atoms with E-state index in [1.807, 2.05) is 0 Å². The number of ether oxygens (including phenoxy) is 6. The molecule has 15 atom stereocenters. The van der Waals surface area contributed by atoms with Gasteiger partial charge in [0.1, 0.15) is 90.5 Å². The lowest BCUT2D eigenvalue weighted by Gasteiger charge is -2.45. The van der Waals surface area contributed by atoms with E-state index in [2.05, 4.69) is 0 Å². The van der Waals surface area contributed by atoms with Crippen molar-refractivity contribution in [1.82, 2.24) is 0 Å². The molecule has 278 valence electrons. The number of aliphatic hydroxyl groups is 11. The zero-order valence-electron chi connectivity index (χ0n) is 26.3. The smallest absolute Gasteiger partial charge is 0.229 e. The first-order chi connectivity index (χ1) is 23.8. The zero-order valence-corrected chi connectivity index (χ0v) is 26.3. The topological polar surface area (TPSA) is 298 Å². The molecule has 15 unspecified atom stereocenters. The van der Waals surface area contributed by atoms with Crippen molar-refractivity contribution in [3.63, 3.8) is 0 Å². The lowest BCUT2D eigenvalue weighted by molar-refractivity contribution is -0.352. The molecule has 0 bridgehead atoms. The van der Waals surface area contributed by atoms with E-state index in [-0.39, 0.29) is 17.2 Å². The Hall–Kier alpha value is -3.02. The highest BCUT2D eigenvalue weighted by molar-refractivity contribution is 5.71. The Morgan fingerprint density at radius 3 is 1.56 bits per heavy atom. The van der Waals surface area contributed by atoms with E-state index < -0.39 is 112 Å². The van der Waals surface area contributed by atoms with Crippen molar-refractivity contribution in [3.05, 3.63) is 53.6 Å². The van der Waals surface area contributed by atoms with Gasteiger partial charge in [-0.3, -0.25) is 0 Å². The second-order valence-corrected chi connectivity index (χ2v) is 12.1. The molecule has 3 aliphatic heterocycles. The quantitative estimate of drug-likeness (QED) is 0.0981. The summed E-state index contributed by atoms with van der Waals surface area (Å²) < 4.78 is 33.1. The molecule has 2 aromatic carbocycles. The number of rotatable bonds is 11. The largest absolute Gasteiger partial charge is 0.508 e. The fourth-order valence-electron chi connectivity index (χ4n) is 5.71. The van der Waals surface area contributed by atoms with Crippen LogP contribution in [-0.4, -0.2) is 173 Å². The number of aromatic hydroxyl groups is 1. The van der Waals surface area contributed by atoms with Crippen LogP contribution in [0.2, 0.25) is 0 Å². The van der Waals surface area contributed by atoms with Gasteiger partial charge in [0, 0.05) is 6.07 Å². The third-order valence-electron chi connectivity index (χ3n) is 8.58. The Labute approximate surface area is 284 Å². The van der Waals surface area contributed by atoms with Crippen molar-refractivity contribution in [3.8, 4) is 17.2 Å². The molecule has 3 aliphatic rings. The van der Waals surface area contributed by atoms with Crippen LogP contribution in [0.3, 0.4) is 0 Å². The van der Waals surface area contributed by atoms with Gasteiger partial charge in [-0.25, -0.2) is 0 Å². The van der Waals surface area contributed by atoms with E-state index in [1.54, 1.807) is 24.3 Å². The molecule has 0 aliphatic carbocycles. The zero-order chi connectivity index (χ0) is 36.3. The number of phenolic OH excluding ortho intramolecular Hbond substituents is 1. The van der Waals surface area contributed by atoms with Gasteiger partial charge in [-0.05, 0) is 35.4 Å². The van der Waals surface area contributed by atoms with Crippen molar-refractivity contribution in [1.29, 1.82) is 0 Å². The summed E-state index contributed by atoms with van der Waals surface area (Å²) in [6.45, 7) is -2.07. The van der Waals surface area contributed by atoms with E-state index in [0.717, 1.165) is 0 Å². The Kier molecular flexibility index (Phi) is 12.6. The SMILES string of the molecule is OCC1OC(Oc2cc(O)cc(C=Cc3ccc(OC4OC(CO)C(OC5OC(CO)C(O)C(O)C5O)C(O)C4O)cc3)c2)C(O)C(O)C1O. The second-order valence-electron chi connectivity index (χ2n) is 12.1. The van der Waals surface area contributed by atoms with E-state index in [0.29, 0.717) is 11.1 Å². The first-order valence-electron chi connectivity index (χ1n) is 15.7. The van der Waals surface area contributed by atoms with Crippen molar-refractivity contribution in [2.75, 3.05) is 19.8 Å². The molecule has 18 nitrogen and oxygen atoms in total. The van der Waals surface area contributed by atoms with Crippen LogP contribution >= 0.6 is 0 Å². The standard InChI is InChI=1S/C32H42O18/c33-10-18-21(37)23(39)26(42)30(47-18)46-17-8-14(7-15(36)9-17)2-1-13-3-5-16(6-4-13)45-31-28(44)25(41)29(20(12-35)49-31)50-32-27(43)24(40)22(38)19(11-34)48-32/h1-9,18-44H,10-12H2.